The van der Waals surface area contributed by atoms with E-state index < -0.39 is 0 Å². The Morgan fingerprint density at radius 2 is 1.76 bits per heavy atom. The second kappa shape index (κ2) is 10.4. The number of fused-ring (bicyclic) bond motifs is 2. The van der Waals surface area contributed by atoms with Crippen LogP contribution in [0.3, 0.4) is 0 Å². The second-order valence-corrected chi connectivity index (χ2v) is 10.3. The molecule has 9 heteroatoms. The van der Waals surface area contributed by atoms with E-state index in [9.17, 15) is 4.79 Å². The first-order chi connectivity index (χ1) is 20.1. The molecule has 0 aliphatic carbocycles. The number of benzene rings is 3. The van der Waals surface area contributed by atoms with Crippen LogP contribution in [-0.2, 0) is 0 Å². The fourth-order valence-corrected chi connectivity index (χ4v) is 5.47. The van der Waals surface area contributed by atoms with Gasteiger partial charge < -0.3 is 9.15 Å². The van der Waals surface area contributed by atoms with Crippen LogP contribution in [-0.4, -0.2) is 31.0 Å². The van der Waals surface area contributed by atoms with Gasteiger partial charge in [-0.25, -0.2) is 4.68 Å². The summed E-state index contributed by atoms with van der Waals surface area (Å²) in [6.07, 6.45) is 7.43. The fourth-order valence-electron chi connectivity index (χ4n) is 4.57. The summed E-state index contributed by atoms with van der Waals surface area (Å²) < 4.78 is 15.3. The van der Waals surface area contributed by atoms with Crippen LogP contribution in [0.4, 0.5) is 0 Å². The maximum Gasteiger partial charge on any atom is 0.291 e. The zero-order valence-electron chi connectivity index (χ0n) is 22.0. The number of rotatable bonds is 7. The van der Waals surface area contributed by atoms with Crippen molar-refractivity contribution in [1.29, 1.82) is 0 Å². The third-order valence-electron chi connectivity index (χ3n) is 6.52. The molecule has 41 heavy (non-hydrogen) atoms. The molecule has 0 aliphatic heterocycles. The van der Waals surface area contributed by atoms with Crippen molar-refractivity contribution in [2.75, 3.05) is 6.61 Å². The Morgan fingerprint density at radius 1 is 0.951 bits per heavy atom. The van der Waals surface area contributed by atoms with Crippen molar-refractivity contribution in [2.45, 2.75) is 6.92 Å². The van der Waals surface area contributed by atoms with E-state index in [4.69, 9.17) is 14.3 Å². The van der Waals surface area contributed by atoms with Gasteiger partial charge in [0.25, 0.3) is 5.56 Å². The summed E-state index contributed by atoms with van der Waals surface area (Å²) in [6, 6.07) is 27.4. The first-order valence-electron chi connectivity index (χ1n) is 13.1. The molecule has 4 heterocycles. The highest BCUT2D eigenvalue weighted by Crippen LogP contribution is 2.30. The summed E-state index contributed by atoms with van der Waals surface area (Å²) in [6.45, 7) is 2.58. The van der Waals surface area contributed by atoms with Crippen molar-refractivity contribution in [3.63, 3.8) is 0 Å². The van der Waals surface area contributed by atoms with Crippen molar-refractivity contribution in [2.24, 2.45) is 0 Å². The van der Waals surface area contributed by atoms with E-state index in [0.717, 1.165) is 33.5 Å². The number of ether oxygens (including phenoxy) is 1. The molecule has 7 aromatic rings. The highest BCUT2D eigenvalue weighted by Gasteiger charge is 2.17. The largest absolute Gasteiger partial charge is 0.494 e. The molecule has 0 fully saturated rings. The van der Waals surface area contributed by atoms with Gasteiger partial charge in [0.2, 0.25) is 4.96 Å². The summed E-state index contributed by atoms with van der Waals surface area (Å²) >= 11 is 1.29. The van der Waals surface area contributed by atoms with Gasteiger partial charge in [0.05, 0.1) is 16.8 Å². The predicted molar refractivity (Wildman–Crippen MR) is 161 cm³/mol. The van der Waals surface area contributed by atoms with Gasteiger partial charge in [0.15, 0.2) is 11.6 Å². The van der Waals surface area contributed by atoms with Gasteiger partial charge in [-0.1, -0.05) is 65.9 Å². The minimum absolute atomic E-state index is 0.235. The molecule has 0 amide bonds. The van der Waals surface area contributed by atoms with E-state index in [1.165, 1.54) is 15.9 Å². The van der Waals surface area contributed by atoms with Crippen LogP contribution in [0.2, 0.25) is 0 Å². The first-order valence-corrected chi connectivity index (χ1v) is 13.9. The molecule has 0 N–H and O–H groups in total. The number of hydrogen-bond donors (Lipinski definition) is 0. The Morgan fingerprint density at radius 3 is 2.54 bits per heavy atom. The highest BCUT2D eigenvalue weighted by molar-refractivity contribution is 7.15. The molecule has 7 rings (SSSR count). The molecule has 8 nitrogen and oxygen atoms in total. The van der Waals surface area contributed by atoms with E-state index in [-0.39, 0.29) is 5.56 Å². The number of furan rings is 1. The van der Waals surface area contributed by atoms with Crippen LogP contribution < -0.4 is 14.8 Å². The standard InChI is InChI=1S/C32H23N5O3S/c1-2-39-25-15-12-21(13-16-25)14-17-29-33-32-37(34-29)31(38)28(41-32)19-23-20-36(24-9-4-3-5-10-24)35-30(23)27-18-22-8-6-7-11-26(22)40-27/h3-20H,2H2,1H3/b17-14+,28-19-. The van der Waals surface area contributed by atoms with Crippen molar-refractivity contribution in [3.05, 3.63) is 123 Å². The van der Waals surface area contributed by atoms with E-state index in [0.29, 0.717) is 33.4 Å². The van der Waals surface area contributed by atoms with Crippen molar-refractivity contribution < 1.29 is 9.15 Å². The third kappa shape index (κ3) is 4.83. The summed E-state index contributed by atoms with van der Waals surface area (Å²) in [5.74, 6) is 1.91. The van der Waals surface area contributed by atoms with Gasteiger partial charge in [-0.2, -0.15) is 14.6 Å². The lowest BCUT2D eigenvalue weighted by Gasteiger charge is -2.01. The molecule has 0 atom stereocenters. The average Bonchev–Trinajstić information content (AvgIpc) is 3.77. The van der Waals surface area contributed by atoms with Gasteiger partial charge in [-0.05, 0) is 61.0 Å². The lowest BCUT2D eigenvalue weighted by molar-refractivity contribution is 0.340. The molecule has 0 unspecified atom stereocenters. The highest BCUT2D eigenvalue weighted by atomic mass is 32.1. The molecule has 0 bridgehead atoms. The predicted octanol–water partition coefficient (Wildman–Crippen LogP) is 5.87. The van der Waals surface area contributed by atoms with Crippen LogP contribution in [0, 0.1) is 0 Å². The van der Waals surface area contributed by atoms with Crippen LogP contribution in [0.15, 0.2) is 100 Å². The molecule has 0 aliphatic rings. The van der Waals surface area contributed by atoms with Crippen molar-refractivity contribution in [1.82, 2.24) is 24.4 Å². The van der Waals surface area contributed by atoms with Gasteiger partial charge in [-0.3, -0.25) is 4.79 Å². The monoisotopic (exact) mass is 557 g/mol. The number of aromatic nitrogens is 5. The Hall–Kier alpha value is -5.28. The Labute approximate surface area is 238 Å². The third-order valence-corrected chi connectivity index (χ3v) is 7.48. The molecule has 4 aromatic heterocycles. The molecule has 3 aromatic carbocycles. The van der Waals surface area contributed by atoms with Crippen LogP contribution in [0.5, 0.6) is 5.75 Å². The number of thiazole rings is 1. The number of nitrogens with zero attached hydrogens (tertiary/aromatic N) is 5. The van der Waals surface area contributed by atoms with Crippen molar-refractivity contribution >= 4 is 45.5 Å². The fraction of sp³-hybridized carbons (Fsp3) is 0.0625. The molecular formula is C32H23N5O3S. The Bertz CT molecular complexity index is 2100. The van der Waals surface area contributed by atoms with Gasteiger partial charge in [0.1, 0.15) is 17.0 Å². The minimum atomic E-state index is -0.235. The van der Waals surface area contributed by atoms with E-state index in [2.05, 4.69) is 10.1 Å². The van der Waals surface area contributed by atoms with E-state index >= 15 is 0 Å². The second-order valence-electron chi connectivity index (χ2n) is 9.28. The number of para-hydroxylation sites is 2. The van der Waals surface area contributed by atoms with Gasteiger partial charge in [0, 0.05) is 17.1 Å². The maximum absolute atomic E-state index is 13.3. The topological polar surface area (TPSA) is 87.5 Å². The van der Waals surface area contributed by atoms with Crippen LogP contribution in [0.1, 0.15) is 23.9 Å². The molecule has 0 saturated carbocycles. The molecule has 0 saturated heterocycles. The minimum Gasteiger partial charge on any atom is -0.494 e. The van der Waals surface area contributed by atoms with Crippen LogP contribution in [0.25, 0.3) is 51.3 Å². The zero-order chi connectivity index (χ0) is 27.8. The Balaban J connectivity index is 1.26. The molecular weight excluding hydrogens is 534 g/mol. The SMILES string of the molecule is CCOc1ccc(/C=C/c2nc3s/c(=C\c4cn(-c5ccccc5)nc4-c4cc5ccccc5o4)c(=O)n3n2)cc1. The van der Waals surface area contributed by atoms with Gasteiger partial charge in [-0.15, -0.1) is 5.10 Å². The Kier molecular flexibility index (Phi) is 6.25. The smallest absolute Gasteiger partial charge is 0.291 e. The van der Waals surface area contributed by atoms with E-state index in [1.807, 2.05) is 110 Å². The lowest BCUT2D eigenvalue weighted by atomic mass is 10.2. The summed E-state index contributed by atoms with van der Waals surface area (Å²) in [5, 5.41) is 10.3. The normalized spacial score (nSPS) is 12.3. The van der Waals surface area contributed by atoms with E-state index in [1.54, 1.807) is 10.8 Å². The van der Waals surface area contributed by atoms with Crippen molar-refractivity contribution in [3.8, 4) is 22.9 Å². The molecule has 0 spiro atoms. The average molecular weight is 558 g/mol. The quantitative estimate of drug-likeness (QED) is 0.244. The zero-order valence-corrected chi connectivity index (χ0v) is 22.8. The van der Waals surface area contributed by atoms with Crippen LogP contribution >= 0.6 is 11.3 Å². The maximum atomic E-state index is 13.3. The molecule has 0 radical (unpaired) electrons. The summed E-state index contributed by atoms with van der Waals surface area (Å²) in [7, 11) is 0. The first kappa shape index (κ1) is 24.7. The number of hydrogen-bond acceptors (Lipinski definition) is 7. The lowest BCUT2D eigenvalue weighted by Crippen LogP contribution is -2.23. The summed E-state index contributed by atoms with van der Waals surface area (Å²) in [5.41, 5.74) is 3.82. The summed E-state index contributed by atoms with van der Waals surface area (Å²) in [4.78, 5) is 18.4. The molecule has 200 valence electrons. The van der Waals surface area contributed by atoms with Gasteiger partial charge >= 0.3 is 0 Å².